The molecular formula is C19H31N3O2. The number of nitrogens with zero attached hydrogens (tertiary/aromatic N) is 1. The lowest BCUT2D eigenvalue weighted by Crippen LogP contribution is -2.48. The van der Waals surface area contributed by atoms with Crippen molar-refractivity contribution in [3.8, 4) is 0 Å². The molecule has 1 saturated heterocycles. The first-order chi connectivity index (χ1) is 11.4. The molecule has 0 bridgehead atoms. The summed E-state index contributed by atoms with van der Waals surface area (Å²) in [5, 5.41) is 12.2. The van der Waals surface area contributed by atoms with Crippen LogP contribution in [0.4, 0.5) is 5.69 Å². The Morgan fingerprint density at radius 2 is 2.12 bits per heavy atom. The summed E-state index contributed by atoms with van der Waals surface area (Å²) in [6.45, 7) is 7.00. The van der Waals surface area contributed by atoms with Crippen LogP contribution >= 0.6 is 0 Å². The van der Waals surface area contributed by atoms with Gasteiger partial charge in [0.15, 0.2) is 0 Å². The number of likely N-dealkylation sites (tertiary alicyclic amines) is 1. The van der Waals surface area contributed by atoms with Crippen LogP contribution in [0.3, 0.4) is 0 Å². The molecule has 1 aliphatic heterocycles. The predicted molar refractivity (Wildman–Crippen MR) is 97.7 cm³/mol. The molecular weight excluding hydrogens is 302 g/mol. The fraction of sp³-hybridized carbons (Fsp3) is 0.632. The number of aliphatic hydroxyl groups is 1. The van der Waals surface area contributed by atoms with Crippen molar-refractivity contribution in [1.82, 2.24) is 4.90 Å². The quantitative estimate of drug-likeness (QED) is 0.716. The van der Waals surface area contributed by atoms with E-state index in [-0.39, 0.29) is 5.91 Å². The summed E-state index contributed by atoms with van der Waals surface area (Å²) >= 11 is 0. The van der Waals surface area contributed by atoms with Crippen LogP contribution in [0.2, 0.25) is 0 Å². The number of nitrogens with two attached hydrogens (primary N) is 1. The highest BCUT2D eigenvalue weighted by Gasteiger charge is 2.27. The molecule has 1 amide bonds. The third kappa shape index (κ3) is 5.30. The van der Waals surface area contributed by atoms with Crippen LogP contribution in [0, 0.1) is 5.92 Å². The normalized spacial score (nSPS) is 19.0. The van der Waals surface area contributed by atoms with Gasteiger partial charge in [0.1, 0.15) is 0 Å². The van der Waals surface area contributed by atoms with Gasteiger partial charge < -0.3 is 16.2 Å². The average molecular weight is 333 g/mol. The highest BCUT2D eigenvalue weighted by molar-refractivity contribution is 5.97. The molecule has 5 nitrogen and oxygen atoms in total. The molecule has 1 atom stereocenters. The fourth-order valence-electron chi connectivity index (χ4n) is 3.24. The van der Waals surface area contributed by atoms with Crippen LogP contribution in [0.25, 0.3) is 0 Å². The van der Waals surface area contributed by atoms with E-state index in [1.165, 1.54) is 5.56 Å². The van der Waals surface area contributed by atoms with Gasteiger partial charge in [-0.2, -0.15) is 0 Å². The summed E-state index contributed by atoms with van der Waals surface area (Å²) in [6.07, 6.45) is 3.65. The van der Waals surface area contributed by atoms with Gasteiger partial charge in [-0.3, -0.25) is 9.69 Å². The first-order valence-corrected chi connectivity index (χ1v) is 8.97. The van der Waals surface area contributed by atoms with E-state index in [2.05, 4.69) is 16.3 Å². The first kappa shape index (κ1) is 18.9. The van der Waals surface area contributed by atoms with Crippen LogP contribution in [-0.4, -0.2) is 41.1 Å². The number of hydrogen-bond acceptors (Lipinski definition) is 4. The molecule has 1 unspecified atom stereocenters. The molecule has 24 heavy (non-hydrogen) atoms. The molecule has 1 aromatic carbocycles. The van der Waals surface area contributed by atoms with E-state index < -0.39 is 5.54 Å². The van der Waals surface area contributed by atoms with Crippen molar-refractivity contribution < 1.29 is 9.90 Å². The predicted octanol–water partition coefficient (Wildman–Crippen LogP) is 2.35. The summed E-state index contributed by atoms with van der Waals surface area (Å²) in [5.41, 5.74) is 7.24. The van der Waals surface area contributed by atoms with E-state index >= 15 is 0 Å². The number of rotatable bonds is 7. The molecule has 0 aromatic heterocycles. The van der Waals surface area contributed by atoms with Gasteiger partial charge in [-0.15, -0.1) is 0 Å². The second kappa shape index (κ2) is 8.60. The van der Waals surface area contributed by atoms with Gasteiger partial charge in [0.05, 0.1) is 5.54 Å². The number of aliphatic hydroxyl groups excluding tert-OH is 1. The highest BCUT2D eigenvalue weighted by atomic mass is 16.3. The molecule has 1 fully saturated rings. The Morgan fingerprint density at radius 1 is 1.42 bits per heavy atom. The van der Waals surface area contributed by atoms with E-state index in [1.807, 2.05) is 25.1 Å². The van der Waals surface area contributed by atoms with E-state index in [0.29, 0.717) is 18.9 Å². The van der Waals surface area contributed by atoms with E-state index in [0.717, 1.165) is 44.6 Å². The first-order valence-electron chi connectivity index (χ1n) is 8.97. The van der Waals surface area contributed by atoms with Crippen molar-refractivity contribution in [2.75, 3.05) is 25.0 Å². The summed E-state index contributed by atoms with van der Waals surface area (Å²) in [6, 6.07) is 7.99. The Hall–Kier alpha value is -1.43. The monoisotopic (exact) mass is 333 g/mol. The van der Waals surface area contributed by atoms with Crippen molar-refractivity contribution in [2.24, 2.45) is 11.7 Å². The number of anilines is 1. The minimum absolute atomic E-state index is 0.134. The highest BCUT2D eigenvalue weighted by Crippen LogP contribution is 2.20. The zero-order chi connectivity index (χ0) is 17.6. The Kier molecular flexibility index (Phi) is 6.78. The summed E-state index contributed by atoms with van der Waals surface area (Å²) in [4.78, 5) is 14.7. The number of hydrogen-bond donors (Lipinski definition) is 3. The zero-order valence-electron chi connectivity index (χ0n) is 14.9. The van der Waals surface area contributed by atoms with Crippen LogP contribution in [0.5, 0.6) is 0 Å². The minimum Gasteiger partial charge on any atom is -0.396 e. The molecule has 5 heteroatoms. The number of nitrogens with one attached hydrogen (secondary N) is 1. The Bertz CT molecular complexity index is 537. The van der Waals surface area contributed by atoms with Crippen molar-refractivity contribution in [1.29, 1.82) is 0 Å². The van der Waals surface area contributed by atoms with Crippen LogP contribution in [0.1, 0.15) is 45.1 Å². The number of amides is 1. The zero-order valence-corrected chi connectivity index (χ0v) is 14.9. The van der Waals surface area contributed by atoms with Gasteiger partial charge >= 0.3 is 0 Å². The SMILES string of the molecule is CCCC(C)(N)C(=O)Nc1cccc(CN2CCC(CO)CC2)c1. The van der Waals surface area contributed by atoms with E-state index in [1.54, 1.807) is 6.92 Å². The lowest BCUT2D eigenvalue weighted by molar-refractivity contribution is -0.120. The molecule has 1 aromatic rings. The number of carbonyl (C=O) groups excluding carboxylic acids is 1. The van der Waals surface area contributed by atoms with Gasteiger partial charge in [0.2, 0.25) is 5.91 Å². The fourth-order valence-corrected chi connectivity index (χ4v) is 3.24. The molecule has 1 aliphatic rings. The van der Waals surface area contributed by atoms with Crippen molar-refractivity contribution >= 4 is 11.6 Å². The lowest BCUT2D eigenvalue weighted by atomic mass is 9.96. The van der Waals surface area contributed by atoms with Gasteiger partial charge in [-0.25, -0.2) is 0 Å². The maximum absolute atomic E-state index is 12.3. The van der Waals surface area contributed by atoms with Crippen LogP contribution < -0.4 is 11.1 Å². The van der Waals surface area contributed by atoms with Crippen molar-refractivity contribution in [3.63, 3.8) is 0 Å². The number of benzene rings is 1. The number of piperidine rings is 1. The largest absolute Gasteiger partial charge is 0.396 e. The minimum atomic E-state index is -0.836. The molecule has 2 rings (SSSR count). The summed E-state index contributed by atoms with van der Waals surface area (Å²) in [5.74, 6) is 0.318. The lowest BCUT2D eigenvalue weighted by Gasteiger charge is -2.31. The van der Waals surface area contributed by atoms with Crippen LogP contribution in [-0.2, 0) is 11.3 Å². The third-order valence-electron chi connectivity index (χ3n) is 4.84. The molecule has 0 radical (unpaired) electrons. The topological polar surface area (TPSA) is 78.6 Å². The smallest absolute Gasteiger partial charge is 0.244 e. The van der Waals surface area contributed by atoms with Crippen molar-refractivity contribution in [2.45, 2.75) is 51.6 Å². The molecule has 0 spiro atoms. The molecule has 1 heterocycles. The number of carbonyl (C=O) groups is 1. The van der Waals surface area contributed by atoms with Gasteiger partial charge in [0.25, 0.3) is 0 Å². The second-order valence-electron chi connectivity index (χ2n) is 7.22. The van der Waals surface area contributed by atoms with Crippen molar-refractivity contribution in [3.05, 3.63) is 29.8 Å². The molecule has 134 valence electrons. The molecule has 0 saturated carbocycles. The average Bonchev–Trinajstić information content (AvgIpc) is 2.56. The maximum atomic E-state index is 12.3. The third-order valence-corrected chi connectivity index (χ3v) is 4.84. The summed E-state index contributed by atoms with van der Waals surface area (Å²) in [7, 11) is 0. The maximum Gasteiger partial charge on any atom is 0.244 e. The van der Waals surface area contributed by atoms with Gasteiger partial charge in [-0.1, -0.05) is 25.5 Å². The van der Waals surface area contributed by atoms with Gasteiger partial charge in [-0.05, 0) is 62.9 Å². The Balaban J connectivity index is 1.93. The van der Waals surface area contributed by atoms with Crippen LogP contribution in [0.15, 0.2) is 24.3 Å². The molecule has 0 aliphatic carbocycles. The summed E-state index contributed by atoms with van der Waals surface area (Å²) < 4.78 is 0. The van der Waals surface area contributed by atoms with E-state index in [4.69, 9.17) is 5.73 Å². The second-order valence-corrected chi connectivity index (χ2v) is 7.22. The standard InChI is InChI=1S/C19H31N3O2/c1-3-9-19(2,20)18(24)21-17-6-4-5-16(12-17)13-22-10-7-15(14-23)8-11-22/h4-6,12,15,23H,3,7-11,13-14,20H2,1-2H3,(H,21,24). The Labute approximate surface area is 145 Å². The van der Waals surface area contributed by atoms with E-state index in [9.17, 15) is 9.90 Å². The molecule has 4 N–H and O–H groups in total. The Morgan fingerprint density at radius 3 is 2.75 bits per heavy atom. The van der Waals surface area contributed by atoms with Gasteiger partial charge in [0, 0.05) is 18.8 Å².